The van der Waals surface area contributed by atoms with Gasteiger partial charge in [0.05, 0.1) is 18.6 Å². The van der Waals surface area contributed by atoms with Crippen LogP contribution in [0.15, 0.2) is 60.3 Å². The zero-order valence-electron chi connectivity index (χ0n) is 17.9. The van der Waals surface area contributed by atoms with Crippen molar-refractivity contribution in [2.24, 2.45) is 0 Å². The number of anilines is 1. The SMILES string of the molecule is C=CCn1c(COc2cc(C)ccc2C)nnc1SCC(=O)Nc1ccccc1OC. The Kier molecular flexibility index (Phi) is 7.72. The summed E-state index contributed by atoms with van der Waals surface area (Å²) in [5.74, 6) is 2.13. The molecular weight excluding hydrogens is 412 g/mol. The van der Waals surface area contributed by atoms with Crippen LogP contribution in [0, 0.1) is 13.8 Å². The highest BCUT2D eigenvalue weighted by molar-refractivity contribution is 7.99. The lowest BCUT2D eigenvalue weighted by molar-refractivity contribution is -0.113. The number of aromatic nitrogens is 3. The number of ether oxygens (including phenoxy) is 2. The molecule has 0 aliphatic heterocycles. The van der Waals surface area contributed by atoms with Gasteiger partial charge < -0.3 is 14.8 Å². The molecule has 0 saturated heterocycles. The number of allylic oxidation sites excluding steroid dienone is 1. The topological polar surface area (TPSA) is 78.3 Å². The van der Waals surface area contributed by atoms with Crippen molar-refractivity contribution in [3.63, 3.8) is 0 Å². The Bertz CT molecular complexity index is 1060. The van der Waals surface area contributed by atoms with E-state index in [0.29, 0.717) is 29.0 Å². The van der Waals surface area contributed by atoms with Gasteiger partial charge in [-0.1, -0.05) is 42.1 Å². The molecule has 8 heteroatoms. The fourth-order valence-electron chi connectivity index (χ4n) is 2.91. The first-order valence-corrected chi connectivity index (χ1v) is 10.8. The molecule has 0 unspecified atom stereocenters. The lowest BCUT2D eigenvalue weighted by Gasteiger charge is -2.12. The van der Waals surface area contributed by atoms with Crippen LogP contribution >= 0.6 is 11.8 Å². The number of para-hydroxylation sites is 2. The minimum absolute atomic E-state index is 0.157. The summed E-state index contributed by atoms with van der Waals surface area (Å²) in [5, 5.41) is 12.0. The van der Waals surface area contributed by atoms with E-state index >= 15 is 0 Å². The first kappa shape index (κ1) is 22.4. The van der Waals surface area contributed by atoms with E-state index < -0.39 is 0 Å². The van der Waals surface area contributed by atoms with Crippen LogP contribution in [0.4, 0.5) is 5.69 Å². The number of nitrogens with zero attached hydrogens (tertiary/aromatic N) is 3. The van der Waals surface area contributed by atoms with Crippen molar-refractivity contribution in [1.82, 2.24) is 14.8 Å². The minimum atomic E-state index is -0.157. The minimum Gasteiger partial charge on any atom is -0.495 e. The van der Waals surface area contributed by atoms with Gasteiger partial charge in [0.15, 0.2) is 11.0 Å². The fraction of sp³-hybridized carbons (Fsp3) is 0.261. The smallest absolute Gasteiger partial charge is 0.234 e. The highest BCUT2D eigenvalue weighted by atomic mass is 32.2. The quantitative estimate of drug-likeness (QED) is 0.373. The highest BCUT2D eigenvalue weighted by Gasteiger charge is 2.15. The Morgan fingerprint density at radius 3 is 2.77 bits per heavy atom. The van der Waals surface area contributed by atoms with Gasteiger partial charge in [0.2, 0.25) is 5.91 Å². The van der Waals surface area contributed by atoms with Gasteiger partial charge in [-0.2, -0.15) is 0 Å². The summed E-state index contributed by atoms with van der Waals surface area (Å²) in [6.45, 7) is 8.64. The lowest BCUT2D eigenvalue weighted by Crippen LogP contribution is -2.15. The van der Waals surface area contributed by atoms with Crippen molar-refractivity contribution >= 4 is 23.4 Å². The molecule has 7 nitrogen and oxygen atoms in total. The van der Waals surface area contributed by atoms with E-state index in [9.17, 15) is 4.79 Å². The monoisotopic (exact) mass is 438 g/mol. The molecule has 162 valence electrons. The number of amides is 1. The van der Waals surface area contributed by atoms with Crippen molar-refractivity contribution in [1.29, 1.82) is 0 Å². The fourth-order valence-corrected chi connectivity index (χ4v) is 3.68. The average molecular weight is 439 g/mol. The summed E-state index contributed by atoms with van der Waals surface area (Å²) in [6.07, 6.45) is 1.77. The number of nitrogens with one attached hydrogen (secondary N) is 1. The van der Waals surface area contributed by atoms with Gasteiger partial charge >= 0.3 is 0 Å². The summed E-state index contributed by atoms with van der Waals surface area (Å²) in [6, 6.07) is 13.4. The summed E-state index contributed by atoms with van der Waals surface area (Å²) < 4.78 is 13.1. The van der Waals surface area contributed by atoms with Crippen LogP contribution in [0.1, 0.15) is 17.0 Å². The Balaban J connectivity index is 1.65. The third kappa shape index (κ3) is 5.88. The van der Waals surface area contributed by atoms with E-state index in [1.807, 2.05) is 48.7 Å². The molecule has 3 rings (SSSR count). The third-order valence-electron chi connectivity index (χ3n) is 4.52. The van der Waals surface area contributed by atoms with E-state index in [0.717, 1.165) is 16.9 Å². The first-order valence-electron chi connectivity index (χ1n) is 9.80. The molecule has 31 heavy (non-hydrogen) atoms. The van der Waals surface area contributed by atoms with Crippen molar-refractivity contribution in [3.05, 3.63) is 72.1 Å². The van der Waals surface area contributed by atoms with Crippen molar-refractivity contribution in [2.75, 3.05) is 18.2 Å². The molecule has 3 aromatic rings. The Hall–Kier alpha value is -3.26. The van der Waals surface area contributed by atoms with Crippen LogP contribution in [0.25, 0.3) is 0 Å². The molecule has 0 aliphatic carbocycles. The first-order chi connectivity index (χ1) is 15.0. The van der Waals surface area contributed by atoms with Gasteiger partial charge in [-0.25, -0.2) is 0 Å². The Labute approximate surface area is 186 Å². The molecule has 1 aromatic heterocycles. The number of rotatable bonds is 10. The van der Waals surface area contributed by atoms with Gasteiger partial charge in [0.25, 0.3) is 0 Å². The van der Waals surface area contributed by atoms with E-state index in [2.05, 4.69) is 22.1 Å². The second-order valence-electron chi connectivity index (χ2n) is 6.89. The number of thioether (sulfide) groups is 1. The molecule has 0 spiro atoms. The van der Waals surface area contributed by atoms with E-state index in [-0.39, 0.29) is 18.3 Å². The largest absolute Gasteiger partial charge is 0.495 e. The molecule has 0 aliphatic rings. The van der Waals surface area contributed by atoms with E-state index in [1.54, 1.807) is 25.3 Å². The van der Waals surface area contributed by atoms with Gasteiger partial charge in [-0.05, 0) is 43.2 Å². The number of carbonyl (C=O) groups excluding carboxylic acids is 1. The summed E-state index contributed by atoms with van der Waals surface area (Å²) in [4.78, 5) is 12.4. The van der Waals surface area contributed by atoms with Gasteiger partial charge in [0.1, 0.15) is 18.1 Å². The normalized spacial score (nSPS) is 10.5. The summed E-state index contributed by atoms with van der Waals surface area (Å²) in [5.41, 5.74) is 2.82. The maximum absolute atomic E-state index is 12.4. The number of benzene rings is 2. The maximum Gasteiger partial charge on any atom is 0.234 e. The van der Waals surface area contributed by atoms with E-state index in [1.165, 1.54) is 11.8 Å². The predicted octanol–water partition coefficient (Wildman–Crippen LogP) is 4.40. The molecule has 0 bridgehead atoms. The van der Waals surface area contributed by atoms with Crippen LogP contribution in [-0.4, -0.2) is 33.5 Å². The summed E-state index contributed by atoms with van der Waals surface area (Å²) in [7, 11) is 1.57. The summed E-state index contributed by atoms with van der Waals surface area (Å²) >= 11 is 1.31. The predicted molar refractivity (Wildman–Crippen MR) is 123 cm³/mol. The molecule has 1 N–H and O–H groups in total. The number of methoxy groups -OCH3 is 1. The molecular formula is C23H26N4O3S. The Morgan fingerprint density at radius 2 is 2.00 bits per heavy atom. The maximum atomic E-state index is 12.4. The zero-order chi connectivity index (χ0) is 22.2. The highest BCUT2D eigenvalue weighted by Crippen LogP contribution is 2.25. The Morgan fingerprint density at radius 1 is 1.19 bits per heavy atom. The van der Waals surface area contributed by atoms with Crippen LogP contribution in [0.5, 0.6) is 11.5 Å². The van der Waals surface area contributed by atoms with E-state index in [4.69, 9.17) is 9.47 Å². The van der Waals surface area contributed by atoms with Crippen LogP contribution in [-0.2, 0) is 17.9 Å². The molecule has 1 heterocycles. The molecule has 0 saturated carbocycles. The molecule has 2 aromatic carbocycles. The van der Waals surface area contributed by atoms with Crippen molar-refractivity contribution in [3.8, 4) is 11.5 Å². The van der Waals surface area contributed by atoms with Gasteiger partial charge in [-0.3, -0.25) is 9.36 Å². The molecule has 0 atom stereocenters. The number of aryl methyl sites for hydroxylation is 2. The van der Waals surface area contributed by atoms with Crippen LogP contribution < -0.4 is 14.8 Å². The van der Waals surface area contributed by atoms with Crippen LogP contribution in [0.3, 0.4) is 0 Å². The number of carbonyl (C=O) groups is 1. The number of hydrogen-bond acceptors (Lipinski definition) is 6. The third-order valence-corrected chi connectivity index (χ3v) is 5.49. The zero-order valence-corrected chi connectivity index (χ0v) is 18.7. The second-order valence-corrected chi connectivity index (χ2v) is 7.84. The lowest BCUT2D eigenvalue weighted by atomic mass is 10.1. The average Bonchev–Trinajstić information content (AvgIpc) is 3.15. The van der Waals surface area contributed by atoms with Gasteiger partial charge in [-0.15, -0.1) is 16.8 Å². The number of hydrogen-bond donors (Lipinski definition) is 1. The second kappa shape index (κ2) is 10.7. The van der Waals surface area contributed by atoms with Gasteiger partial charge in [0, 0.05) is 6.54 Å². The molecule has 0 radical (unpaired) electrons. The molecule has 0 fully saturated rings. The molecule has 1 amide bonds. The van der Waals surface area contributed by atoms with Crippen molar-refractivity contribution < 1.29 is 14.3 Å². The standard InChI is InChI=1S/C23H26N4O3S/c1-5-12-27-21(14-30-20-13-16(2)10-11-17(20)3)25-26-23(27)31-15-22(28)24-18-8-6-7-9-19(18)29-4/h5-11,13H,1,12,14-15H2,2-4H3,(H,24,28). The van der Waals surface area contributed by atoms with Crippen LogP contribution in [0.2, 0.25) is 0 Å². The van der Waals surface area contributed by atoms with Crippen molar-refractivity contribution in [2.45, 2.75) is 32.2 Å².